The van der Waals surface area contributed by atoms with Crippen LogP contribution in [0.25, 0.3) is 0 Å². The topological polar surface area (TPSA) is 68.1 Å². The highest BCUT2D eigenvalue weighted by atomic mass is 16.6. The van der Waals surface area contributed by atoms with E-state index in [0.29, 0.717) is 11.0 Å². The predicted octanol–water partition coefficient (Wildman–Crippen LogP) is 2.51. The van der Waals surface area contributed by atoms with E-state index in [2.05, 4.69) is 17.2 Å². The fourth-order valence-electron chi connectivity index (χ4n) is 1.53. The van der Waals surface area contributed by atoms with Crippen molar-refractivity contribution in [1.82, 2.24) is 4.98 Å². The van der Waals surface area contributed by atoms with Crippen LogP contribution in [0.2, 0.25) is 0 Å². The molecule has 1 aliphatic rings. The maximum atomic E-state index is 10.6. The van der Waals surface area contributed by atoms with Gasteiger partial charge in [0.15, 0.2) is 0 Å². The van der Waals surface area contributed by atoms with Crippen molar-refractivity contribution < 1.29 is 4.92 Å². The van der Waals surface area contributed by atoms with Crippen LogP contribution < -0.4 is 5.32 Å². The van der Waals surface area contributed by atoms with Crippen LogP contribution in [0.1, 0.15) is 25.3 Å². The largest absolute Gasteiger partial charge is 0.370 e. The second-order valence-electron chi connectivity index (χ2n) is 4.78. The van der Waals surface area contributed by atoms with Crippen molar-refractivity contribution in [2.45, 2.75) is 26.7 Å². The number of hydrogen-bond donors (Lipinski definition) is 1. The van der Waals surface area contributed by atoms with Gasteiger partial charge in [0.05, 0.1) is 4.92 Å². The maximum Gasteiger partial charge on any atom is 0.290 e. The third-order valence-electron chi connectivity index (χ3n) is 3.08. The van der Waals surface area contributed by atoms with Gasteiger partial charge in [-0.25, -0.2) is 4.98 Å². The van der Waals surface area contributed by atoms with Crippen molar-refractivity contribution >= 4 is 11.5 Å². The zero-order valence-corrected chi connectivity index (χ0v) is 9.49. The van der Waals surface area contributed by atoms with Crippen LogP contribution in [0.4, 0.5) is 11.5 Å². The van der Waals surface area contributed by atoms with E-state index in [4.69, 9.17) is 0 Å². The Morgan fingerprint density at radius 3 is 2.81 bits per heavy atom. The van der Waals surface area contributed by atoms with Gasteiger partial charge in [-0.05, 0) is 31.2 Å². The lowest BCUT2D eigenvalue weighted by molar-refractivity contribution is -0.385. The molecule has 1 aromatic rings. The average molecular weight is 221 g/mol. The fourth-order valence-corrected chi connectivity index (χ4v) is 1.53. The Morgan fingerprint density at radius 2 is 2.31 bits per heavy atom. The highest BCUT2D eigenvalue weighted by Gasteiger charge is 2.36. The SMILES string of the molecule is Cc1cc(NCC2(C)CC2)ncc1[N+](=O)[O-]. The van der Waals surface area contributed by atoms with Crippen LogP contribution in [-0.2, 0) is 0 Å². The van der Waals surface area contributed by atoms with Crippen LogP contribution in [0.15, 0.2) is 12.3 Å². The highest BCUT2D eigenvalue weighted by Crippen LogP contribution is 2.44. The molecule has 0 bridgehead atoms. The van der Waals surface area contributed by atoms with Gasteiger partial charge >= 0.3 is 0 Å². The summed E-state index contributed by atoms with van der Waals surface area (Å²) in [5, 5.41) is 13.8. The molecule has 5 nitrogen and oxygen atoms in total. The molecule has 86 valence electrons. The molecule has 1 heterocycles. The number of pyridine rings is 1. The van der Waals surface area contributed by atoms with Gasteiger partial charge in [0, 0.05) is 12.1 Å². The summed E-state index contributed by atoms with van der Waals surface area (Å²) in [6.07, 6.45) is 3.80. The van der Waals surface area contributed by atoms with Gasteiger partial charge in [-0.15, -0.1) is 0 Å². The molecule has 1 aromatic heterocycles. The summed E-state index contributed by atoms with van der Waals surface area (Å²) in [5.41, 5.74) is 1.11. The molecule has 0 atom stereocenters. The summed E-state index contributed by atoms with van der Waals surface area (Å²) in [4.78, 5) is 14.2. The standard InChI is InChI=1S/C11H15N3O2/c1-8-5-10(12-6-9(8)14(15)16)13-7-11(2)3-4-11/h5-6H,3-4,7H2,1-2H3,(H,12,13). The lowest BCUT2D eigenvalue weighted by Crippen LogP contribution is -2.12. The molecule has 1 saturated carbocycles. The van der Waals surface area contributed by atoms with Crippen molar-refractivity contribution in [1.29, 1.82) is 0 Å². The zero-order chi connectivity index (χ0) is 11.8. The van der Waals surface area contributed by atoms with Crippen LogP contribution >= 0.6 is 0 Å². The van der Waals surface area contributed by atoms with E-state index in [-0.39, 0.29) is 5.69 Å². The van der Waals surface area contributed by atoms with Gasteiger partial charge in [-0.3, -0.25) is 10.1 Å². The predicted molar refractivity (Wildman–Crippen MR) is 61.5 cm³/mol. The molecular weight excluding hydrogens is 206 g/mol. The van der Waals surface area contributed by atoms with E-state index in [1.807, 2.05) is 0 Å². The lowest BCUT2D eigenvalue weighted by atomic mass is 10.1. The van der Waals surface area contributed by atoms with Crippen molar-refractivity contribution in [3.05, 3.63) is 27.9 Å². The molecule has 1 N–H and O–H groups in total. The smallest absolute Gasteiger partial charge is 0.290 e. The number of aryl methyl sites for hydroxylation is 1. The Labute approximate surface area is 94.0 Å². The molecule has 2 rings (SSSR count). The summed E-state index contributed by atoms with van der Waals surface area (Å²) in [6, 6.07) is 1.73. The van der Waals surface area contributed by atoms with Crippen LogP contribution in [-0.4, -0.2) is 16.5 Å². The Hall–Kier alpha value is -1.65. The number of anilines is 1. The highest BCUT2D eigenvalue weighted by molar-refractivity contribution is 5.47. The van der Waals surface area contributed by atoms with E-state index in [9.17, 15) is 10.1 Å². The normalized spacial score (nSPS) is 16.9. The maximum absolute atomic E-state index is 10.6. The first-order valence-corrected chi connectivity index (χ1v) is 5.35. The molecule has 0 unspecified atom stereocenters. The third kappa shape index (κ3) is 2.29. The minimum atomic E-state index is -0.408. The van der Waals surface area contributed by atoms with Gasteiger partial charge < -0.3 is 5.32 Å². The number of hydrogen-bond acceptors (Lipinski definition) is 4. The number of nitro groups is 1. The van der Waals surface area contributed by atoms with Gasteiger partial charge in [-0.2, -0.15) is 0 Å². The molecule has 0 aromatic carbocycles. The van der Waals surface area contributed by atoms with Crippen molar-refractivity contribution in [2.75, 3.05) is 11.9 Å². The van der Waals surface area contributed by atoms with E-state index in [0.717, 1.165) is 12.4 Å². The summed E-state index contributed by atoms with van der Waals surface area (Å²) in [7, 11) is 0. The van der Waals surface area contributed by atoms with Crippen molar-refractivity contribution in [2.24, 2.45) is 5.41 Å². The molecule has 16 heavy (non-hydrogen) atoms. The molecule has 0 spiro atoms. The fraction of sp³-hybridized carbons (Fsp3) is 0.545. The molecule has 1 fully saturated rings. The first-order valence-electron chi connectivity index (χ1n) is 5.35. The Balaban J connectivity index is 2.05. The quantitative estimate of drug-likeness (QED) is 0.626. The van der Waals surface area contributed by atoms with Crippen molar-refractivity contribution in [3.63, 3.8) is 0 Å². The third-order valence-corrected chi connectivity index (χ3v) is 3.08. The summed E-state index contributed by atoms with van der Waals surface area (Å²) < 4.78 is 0. The summed E-state index contributed by atoms with van der Waals surface area (Å²) >= 11 is 0. The molecule has 5 heteroatoms. The number of aromatic nitrogens is 1. The number of nitrogens with zero attached hydrogens (tertiary/aromatic N) is 2. The molecule has 0 aliphatic heterocycles. The Morgan fingerprint density at radius 1 is 1.62 bits per heavy atom. The first-order chi connectivity index (χ1) is 7.50. The van der Waals surface area contributed by atoms with Crippen LogP contribution in [0.3, 0.4) is 0 Å². The van der Waals surface area contributed by atoms with Gasteiger partial charge in [-0.1, -0.05) is 6.92 Å². The van der Waals surface area contributed by atoms with Gasteiger partial charge in [0.1, 0.15) is 12.0 Å². The molecular formula is C11H15N3O2. The van der Waals surface area contributed by atoms with E-state index >= 15 is 0 Å². The van der Waals surface area contributed by atoms with E-state index in [1.54, 1.807) is 13.0 Å². The monoisotopic (exact) mass is 221 g/mol. The van der Waals surface area contributed by atoms with Crippen molar-refractivity contribution in [3.8, 4) is 0 Å². The van der Waals surface area contributed by atoms with E-state index < -0.39 is 4.92 Å². The number of rotatable bonds is 4. The second-order valence-corrected chi connectivity index (χ2v) is 4.78. The van der Waals surface area contributed by atoms with E-state index in [1.165, 1.54) is 19.0 Å². The summed E-state index contributed by atoms with van der Waals surface area (Å²) in [5.74, 6) is 0.719. The molecule has 1 aliphatic carbocycles. The molecule has 0 saturated heterocycles. The molecule has 0 amide bonds. The van der Waals surface area contributed by atoms with Gasteiger partial charge in [0.2, 0.25) is 0 Å². The van der Waals surface area contributed by atoms with Crippen LogP contribution in [0.5, 0.6) is 0 Å². The lowest BCUT2D eigenvalue weighted by Gasteiger charge is -2.10. The minimum Gasteiger partial charge on any atom is -0.370 e. The molecule has 0 radical (unpaired) electrons. The Kier molecular flexibility index (Phi) is 2.53. The zero-order valence-electron chi connectivity index (χ0n) is 9.49. The minimum absolute atomic E-state index is 0.0724. The Bertz CT molecular complexity index is 427. The van der Waals surface area contributed by atoms with Crippen LogP contribution in [0, 0.1) is 22.5 Å². The first kappa shape index (κ1) is 10.9. The summed E-state index contributed by atoms with van der Waals surface area (Å²) in [6.45, 7) is 4.83. The average Bonchev–Trinajstić information content (AvgIpc) is 2.94. The second kappa shape index (κ2) is 3.73. The number of nitrogens with one attached hydrogen (secondary N) is 1. The van der Waals surface area contributed by atoms with Gasteiger partial charge in [0.25, 0.3) is 5.69 Å².